The Hall–Kier alpha value is -1.00. The fraction of sp³-hybridized carbons (Fsp3) is 0.562. The molecule has 0 saturated heterocycles. The van der Waals surface area contributed by atoms with Crippen LogP contribution in [0.15, 0.2) is 29.2 Å². The largest absolute Gasteiger partial charge is 0.355 e. The summed E-state index contributed by atoms with van der Waals surface area (Å²) in [6.07, 6.45) is 1.02. The van der Waals surface area contributed by atoms with Gasteiger partial charge >= 0.3 is 0 Å². The lowest BCUT2D eigenvalue weighted by molar-refractivity contribution is -0.120. The Morgan fingerprint density at radius 1 is 1.30 bits per heavy atom. The fourth-order valence-corrected chi connectivity index (χ4v) is 2.72. The molecule has 0 fully saturated rings. The van der Waals surface area contributed by atoms with Crippen molar-refractivity contribution in [1.82, 2.24) is 5.32 Å². The summed E-state index contributed by atoms with van der Waals surface area (Å²) in [6.45, 7) is 8.97. The molecular weight excluding hydrogens is 268 g/mol. The number of nitrogens with one attached hydrogen (secondary N) is 1. The van der Waals surface area contributed by atoms with Crippen molar-refractivity contribution < 1.29 is 4.79 Å². The summed E-state index contributed by atoms with van der Waals surface area (Å²) in [7, 11) is 0. The van der Waals surface area contributed by atoms with Gasteiger partial charge < -0.3 is 11.1 Å². The number of hydrogen-bond acceptors (Lipinski definition) is 3. The van der Waals surface area contributed by atoms with Crippen LogP contribution in [-0.2, 0) is 4.79 Å². The number of amides is 1. The van der Waals surface area contributed by atoms with Crippen molar-refractivity contribution in [2.45, 2.75) is 50.3 Å². The topological polar surface area (TPSA) is 55.1 Å². The molecule has 0 radical (unpaired) electrons. The Morgan fingerprint density at radius 2 is 2.00 bits per heavy atom. The van der Waals surface area contributed by atoms with Crippen LogP contribution in [-0.4, -0.2) is 17.7 Å². The summed E-state index contributed by atoms with van der Waals surface area (Å²) in [5, 5.41) is 2.89. The van der Waals surface area contributed by atoms with Gasteiger partial charge in [0.25, 0.3) is 0 Å². The molecule has 20 heavy (non-hydrogen) atoms. The van der Waals surface area contributed by atoms with E-state index in [0.29, 0.717) is 5.92 Å². The average Bonchev–Trinajstić information content (AvgIpc) is 2.38. The minimum atomic E-state index is -0.0921. The first kappa shape index (κ1) is 17.1. The first-order valence-corrected chi connectivity index (χ1v) is 8.08. The van der Waals surface area contributed by atoms with Crippen molar-refractivity contribution in [3.05, 3.63) is 29.8 Å². The lowest BCUT2D eigenvalue weighted by Gasteiger charge is -2.14. The molecule has 3 nitrogen and oxygen atoms in total. The fourth-order valence-electron chi connectivity index (χ4n) is 1.76. The van der Waals surface area contributed by atoms with Gasteiger partial charge in [0.05, 0.1) is 5.25 Å². The highest BCUT2D eigenvalue weighted by Gasteiger charge is 2.14. The van der Waals surface area contributed by atoms with Gasteiger partial charge in [0.2, 0.25) is 5.91 Å². The third-order valence-corrected chi connectivity index (χ3v) is 4.18. The van der Waals surface area contributed by atoms with Crippen LogP contribution in [0.5, 0.6) is 0 Å². The Morgan fingerprint density at radius 3 is 2.60 bits per heavy atom. The maximum absolute atomic E-state index is 12.0. The molecule has 0 saturated carbocycles. The van der Waals surface area contributed by atoms with E-state index >= 15 is 0 Å². The molecule has 0 aliphatic carbocycles. The molecular formula is C16H26N2OS. The molecule has 4 heteroatoms. The van der Waals surface area contributed by atoms with Crippen LogP contribution in [0.2, 0.25) is 0 Å². The Labute approximate surface area is 126 Å². The summed E-state index contributed by atoms with van der Waals surface area (Å²) < 4.78 is 0. The molecule has 0 heterocycles. The molecule has 1 amide bonds. The Kier molecular flexibility index (Phi) is 7.10. The lowest BCUT2D eigenvalue weighted by atomic mass is 10.1. The summed E-state index contributed by atoms with van der Waals surface area (Å²) >= 11 is 1.57. The zero-order valence-corrected chi connectivity index (χ0v) is 13.7. The van der Waals surface area contributed by atoms with Gasteiger partial charge in [-0.25, -0.2) is 0 Å². The maximum Gasteiger partial charge on any atom is 0.233 e. The molecule has 1 aromatic carbocycles. The minimum Gasteiger partial charge on any atom is -0.355 e. The standard InChI is InChI=1S/C16H26N2OS/c1-11(2)8-9-18-16(19)13(4)20-15-7-5-6-14(10-15)12(3)17/h5-7,10-13H,8-9,17H2,1-4H3,(H,18,19). The van der Waals surface area contributed by atoms with Crippen molar-refractivity contribution in [2.24, 2.45) is 11.7 Å². The van der Waals surface area contributed by atoms with Gasteiger partial charge in [-0.1, -0.05) is 26.0 Å². The van der Waals surface area contributed by atoms with Gasteiger partial charge in [-0.2, -0.15) is 0 Å². The van der Waals surface area contributed by atoms with Crippen LogP contribution < -0.4 is 11.1 Å². The van der Waals surface area contributed by atoms with Crippen molar-refractivity contribution in [3.8, 4) is 0 Å². The van der Waals surface area contributed by atoms with Gasteiger partial charge in [-0.05, 0) is 43.9 Å². The van der Waals surface area contributed by atoms with E-state index < -0.39 is 0 Å². The van der Waals surface area contributed by atoms with Crippen LogP contribution >= 0.6 is 11.8 Å². The first-order valence-electron chi connectivity index (χ1n) is 7.20. The number of benzene rings is 1. The van der Waals surface area contributed by atoms with Gasteiger partial charge in [0.15, 0.2) is 0 Å². The van der Waals surface area contributed by atoms with E-state index in [1.54, 1.807) is 11.8 Å². The predicted octanol–water partition coefficient (Wildman–Crippen LogP) is 3.35. The smallest absolute Gasteiger partial charge is 0.233 e. The second-order valence-electron chi connectivity index (χ2n) is 5.59. The number of nitrogens with two attached hydrogens (primary N) is 1. The number of carbonyl (C=O) groups excluding carboxylic acids is 1. The molecule has 0 bridgehead atoms. The van der Waals surface area contributed by atoms with E-state index in [1.807, 2.05) is 32.0 Å². The quantitative estimate of drug-likeness (QED) is 0.758. The predicted molar refractivity (Wildman–Crippen MR) is 86.8 cm³/mol. The summed E-state index contributed by atoms with van der Waals surface area (Å²) in [4.78, 5) is 13.1. The molecule has 112 valence electrons. The molecule has 1 rings (SSSR count). The van der Waals surface area contributed by atoms with Gasteiger partial charge in [-0.15, -0.1) is 11.8 Å². The number of carbonyl (C=O) groups is 1. The summed E-state index contributed by atoms with van der Waals surface area (Å²) in [6, 6.07) is 8.11. The van der Waals surface area contributed by atoms with Gasteiger partial charge in [0, 0.05) is 17.5 Å². The Balaban J connectivity index is 2.50. The van der Waals surface area contributed by atoms with Crippen molar-refractivity contribution >= 4 is 17.7 Å². The van der Waals surface area contributed by atoms with Crippen LogP contribution in [0, 0.1) is 5.92 Å². The van der Waals surface area contributed by atoms with E-state index in [2.05, 4.69) is 25.2 Å². The Bertz CT molecular complexity index is 432. The first-order chi connectivity index (χ1) is 9.40. The summed E-state index contributed by atoms with van der Waals surface area (Å²) in [5.74, 6) is 0.711. The highest BCUT2D eigenvalue weighted by Crippen LogP contribution is 2.25. The average molecular weight is 294 g/mol. The van der Waals surface area contributed by atoms with E-state index in [1.165, 1.54) is 0 Å². The van der Waals surface area contributed by atoms with E-state index in [0.717, 1.165) is 23.4 Å². The van der Waals surface area contributed by atoms with Crippen molar-refractivity contribution in [1.29, 1.82) is 0 Å². The zero-order chi connectivity index (χ0) is 15.1. The third kappa shape index (κ3) is 5.97. The van der Waals surface area contributed by atoms with Crippen molar-refractivity contribution in [3.63, 3.8) is 0 Å². The van der Waals surface area contributed by atoms with Crippen molar-refractivity contribution in [2.75, 3.05) is 6.54 Å². The second kappa shape index (κ2) is 8.32. The number of thioether (sulfide) groups is 1. The minimum absolute atomic E-state index is 0.0192. The highest BCUT2D eigenvalue weighted by molar-refractivity contribution is 8.00. The highest BCUT2D eigenvalue weighted by atomic mass is 32.2. The molecule has 0 aliphatic heterocycles. The SMILES string of the molecule is CC(C)CCNC(=O)C(C)Sc1cccc(C(C)N)c1. The molecule has 0 spiro atoms. The molecule has 3 N–H and O–H groups in total. The number of hydrogen-bond donors (Lipinski definition) is 2. The van der Waals surface area contributed by atoms with Crippen LogP contribution in [0.3, 0.4) is 0 Å². The molecule has 1 aromatic rings. The van der Waals surface area contributed by atoms with E-state index in [4.69, 9.17) is 5.73 Å². The zero-order valence-electron chi connectivity index (χ0n) is 12.8. The lowest BCUT2D eigenvalue weighted by Crippen LogP contribution is -2.32. The van der Waals surface area contributed by atoms with Crippen LogP contribution in [0.25, 0.3) is 0 Å². The normalized spacial score (nSPS) is 14.1. The molecule has 2 atom stereocenters. The number of rotatable bonds is 7. The van der Waals surface area contributed by atoms with E-state index in [-0.39, 0.29) is 17.2 Å². The molecule has 2 unspecified atom stereocenters. The van der Waals surface area contributed by atoms with Gasteiger partial charge in [-0.3, -0.25) is 4.79 Å². The van der Waals surface area contributed by atoms with Crippen LogP contribution in [0.4, 0.5) is 0 Å². The molecule has 0 aromatic heterocycles. The maximum atomic E-state index is 12.0. The van der Waals surface area contributed by atoms with Crippen LogP contribution in [0.1, 0.15) is 45.7 Å². The summed E-state index contributed by atoms with van der Waals surface area (Å²) in [5.41, 5.74) is 6.98. The van der Waals surface area contributed by atoms with Gasteiger partial charge in [0.1, 0.15) is 0 Å². The monoisotopic (exact) mass is 294 g/mol. The second-order valence-corrected chi connectivity index (χ2v) is 7.01. The third-order valence-electron chi connectivity index (χ3n) is 3.09. The van der Waals surface area contributed by atoms with E-state index in [9.17, 15) is 4.79 Å². The molecule has 0 aliphatic rings.